The van der Waals surface area contributed by atoms with Crippen molar-refractivity contribution in [2.45, 2.75) is 19.8 Å². The molecule has 1 aromatic carbocycles. The average Bonchev–Trinajstić information content (AvgIpc) is 2.81. The van der Waals surface area contributed by atoms with Gasteiger partial charge in [0.2, 0.25) is 17.5 Å². The van der Waals surface area contributed by atoms with Crippen molar-refractivity contribution in [1.82, 2.24) is 10.1 Å². The van der Waals surface area contributed by atoms with Crippen molar-refractivity contribution < 1.29 is 22.5 Å². The highest BCUT2D eigenvalue weighted by molar-refractivity contribution is 5.83. The quantitative estimate of drug-likeness (QED) is 0.856. The number of hydrogen-bond acceptors (Lipinski definition) is 4. The number of ketones is 1. The van der Waals surface area contributed by atoms with E-state index >= 15 is 0 Å². The van der Waals surface area contributed by atoms with Gasteiger partial charge in [0.25, 0.3) is 6.43 Å². The van der Waals surface area contributed by atoms with Gasteiger partial charge in [0.05, 0.1) is 6.42 Å². The second kappa shape index (κ2) is 5.21. The van der Waals surface area contributed by atoms with Crippen molar-refractivity contribution in [3.8, 4) is 11.4 Å². The third-order valence-electron chi connectivity index (χ3n) is 2.47. The topological polar surface area (TPSA) is 56.0 Å². The zero-order valence-electron chi connectivity index (χ0n) is 9.86. The molecule has 0 saturated heterocycles. The standard InChI is InChI=1S/C12H9F3N2O2/c1-6-2-3-7(4-8(6)13)12-16-10(19-17-12)5-9(18)11(14)15/h2-4,11H,5H2,1H3. The van der Waals surface area contributed by atoms with Crippen molar-refractivity contribution >= 4 is 5.78 Å². The lowest BCUT2D eigenvalue weighted by Gasteiger charge is -1.97. The predicted octanol–water partition coefficient (Wildman–Crippen LogP) is 2.56. The Hall–Kier alpha value is -2.18. The summed E-state index contributed by atoms with van der Waals surface area (Å²) in [6.07, 6.45) is -3.72. The largest absolute Gasteiger partial charge is 0.338 e. The summed E-state index contributed by atoms with van der Waals surface area (Å²) < 4.78 is 42.1. The second-order valence-electron chi connectivity index (χ2n) is 3.92. The Bertz CT molecular complexity index is 611. The van der Waals surface area contributed by atoms with E-state index in [0.717, 1.165) is 0 Å². The molecule has 2 aromatic rings. The second-order valence-corrected chi connectivity index (χ2v) is 3.92. The van der Waals surface area contributed by atoms with Gasteiger partial charge >= 0.3 is 0 Å². The normalized spacial score (nSPS) is 11.0. The molecule has 0 N–H and O–H groups in total. The third-order valence-corrected chi connectivity index (χ3v) is 2.47. The molecule has 0 atom stereocenters. The van der Waals surface area contributed by atoms with Crippen molar-refractivity contribution in [2.75, 3.05) is 0 Å². The van der Waals surface area contributed by atoms with Crippen molar-refractivity contribution in [1.29, 1.82) is 0 Å². The number of alkyl halides is 2. The van der Waals surface area contributed by atoms with Crippen LogP contribution in [0, 0.1) is 12.7 Å². The van der Waals surface area contributed by atoms with E-state index in [2.05, 4.69) is 14.7 Å². The molecule has 7 heteroatoms. The summed E-state index contributed by atoms with van der Waals surface area (Å²) >= 11 is 0. The van der Waals surface area contributed by atoms with Gasteiger partial charge in [-0.05, 0) is 18.6 Å². The SMILES string of the molecule is Cc1ccc(-c2noc(CC(=O)C(F)F)n2)cc1F. The molecule has 4 nitrogen and oxygen atoms in total. The first-order chi connectivity index (χ1) is 8.97. The first-order valence-corrected chi connectivity index (χ1v) is 5.37. The lowest BCUT2D eigenvalue weighted by atomic mass is 10.1. The summed E-state index contributed by atoms with van der Waals surface area (Å²) in [5, 5.41) is 3.52. The summed E-state index contributed by atoms with van der Waals surface area (Å²) in [5.41, 5.74) is 0.808. The molecule has 0 spiro atoms. The number of rotatable bonds is 4. The number of hydrogen-bond donors (Lipinski definition) is 0. The van der Waals surface area contributed by atoms with Gasteiger partial charge in [-0.15, -0.1) is 0 Å². The molecule has 0 saturated carbocycles. The minimum absolute atomic E-state index is 0.0518. The van der Waals surface area contributed by atoms with Crippen molar-refractivity contribution in [3.63, 3.8) is 0 Å². The highest BCUT2D eigenvalue weighted by atomic mass is 19.3. The molecule has 0 radical (unpaired) electrons. The van der Waals surface area contributed by atoms with E-state index < -0.39 is 24.4 Å². The zero-order valence-corrected chi connectivity index (χ0v) is 9.86. The van der Waals surface area contributed by atoms with Crippen LogP contribution in [0.2, 0.25) is 0 Å². The van der Waals surface area contributed by atoms with Crippen LogP contribution >= 0.6 is 0 Å². The highest BCUT2D eigenvalue weighted by Gasteiger charge is 2.20. The Morgan fingerprint density at radius 2 is 2.16 bits per heavy atom. The molecule has 2 rings (SSSR count). The molecular formula is C12H9F3N2O2. The highest BCUT2D eigenvalue weighted by Crippen LogP contribution is 2.19. The van der Waals surface area contributed by atoms with Crippen LogP contribution < -0.4 is 0 Å². The van der Waals surface area contributed by atoms with Gasteiger partial charge in [-0.1, -0.05) is 17.3 Å². The number of halogens is 3. The first kappa shape index (κ1) is 13.3. The van der Waals surface area contributed by atoms with Gasteiger partial charge < -0.3 is 4.52 Å². The fourth-order valence-corrected chi connectivity index (χ4v) is 1.40. The number of carbonyl (C=O) groups excluding carboxylic acids is 1. The van der Waals surface area contributed by atoms with Crippen LogP contribution in [0.25, 0.3) is 11.4 Å². The molecule has 100 valence electrons. The minimum atomic E-state index is -3.08. The minimum Gasteiger partial charge on any atom is -0.338 e. The number of benzene rings is 1. The van der Waals surface area contributed by atoms with E-state index in [1.807, 2.05) is 0 Å². The van der Waals surface area contributed by atoms with Gasteiger partial charge in [0.15, 0.2) is 0 Å². The Morgan fingerprint density at radius 1 is 1.42 bits per heavy atom. The molecule has 1 heterocycles. The number of nitrogens with zero attached hydrogens (tertiary/aromatic N) is 2. The van der Waals surface area contributed by atoms with Gasteiger partial charge in [0, 0.05) is 5.56 Å². The summed E-state index contributed by atoms with van der Waals surface area (Å²) in [4.78, 5) is 14.6. The van der Waals surface area contributed by atoms with Crippen LogP contribution in [-0.4, -0.2) is 22.3 Å². The Morgan fingerprint density at radius 3 is 2.79 bits per heavy atom. The van der Waals surface area contributed by atoms with Crippen LogP contribution in [0.1, 0.15) is 11.5 Å². The first-order valence-electron chi connectivity index (χ1n) is 5.37. The van der Waals surface area contributed by atoms with E-state index in [4.69, 9.17) is 0 Å². The van der Waals surface area contributed by atoms with Gasteiger partial charge in [-0.25, -0.2) is 13.2 Å². The summed E-state index contributed by atoms with van der Waals surface area (Å²) in [7, 11) is 0. The van der Waals surface area contributed by atoms with Crippen LogP contribution in [0.15, 0.2) is 22.7 Å². The number of aryl methyl sites for hydroxylation is 1. The lowest BCUT2D eigenvalue weighted by Crippen LogP contribution is -2.12. The van der Waals surface area contributed by atoms with Crippen LogP contribution in [-0.2, 0) is 11.2 Å². The number of carbonyl (C=O) groups is 1. The smallest absolute Gasteiger partial charge is 0.296 e. The third kappa shape index (κ3) is 2.98. The maximum Gasteiger partial charge on any atom is 0.296 e. The van der Waals surface area contributed by atoms with Crippen LogP contribution in [0.5, 0.6) is 0 Å². The summed E-state index contributed by atoms with van der Waals surface area (Å²) in [6.45, 7) is 1.60. The maximum atomic E-state index is 13.3. The fraction of sp³-hybridized carbons (Fsp3) is 0.250. The average molecular weight is 270 g/mol. The molecule has 0 bridgehead atoms. The summed E-state index contributed by atoms with van der Waals surface area (Å²) in [6, 6.07) is 4.31. The molecule has 19 heavy (non-hydrogen) atoms. The number of aromatic nitrogens is 2. The van der Waals surface area contributed by atoms with E-state index in [1.165, 1.54) is 12.1 Å². The van der Waals surface area contributed by atoms with Crippen molar-refractivity contribution in [2.24, 2.45) is 0 Å². The molecule has 0 aliphatic carbocycles. The molecule has 1 aromatic heterocycles. The van der Waals surface area contributed by atoms with Crippen LogP contribution in [0.4, 0.5) is 13.2 Å². The van der Waals surface area contributed by atoms with Gasteiger partial charge in [-0.3, -0.25) is 4.79 Å². The predicted molar refractivity (Wildman–Crippen MR) is 59.1 cm³/mol. The van der Waals surface area contributed by atoms with E-state index in [-0.39, 0.29) is 11.7 Å². The van der Waals surface area contributed by atoms with Crippen LogP contribution in [0.3, 0.4) is 0 Å². The lowest BCUT2D eigenvalue weighted by molar-refractivity contribution is -0.129. The maximum absolute atomic E-state index is 13.3. The molecule has 0 fully saturated rings. The number of Topliss-reactive ketones (excluding diaryl/α,β-unsaturated/α-hetero) is 1. The van der Waals surface area contributed by atoms with E-state index in [1.54, 1.807) is 13.0 Å². The molecule has 0 aliphatic rings. The van der Waals surface area contributed by atoms with Gasteiger partial charge in [0.1, 0.15) is 5.82 Å². The fourth-order valence-electron chi connectivity index (χ4n) is 1.40. The molecule has 0 aliphatic heterocycles. The summed E-state index contributed by atoms with van der Waals surface area (Å²) in [5.74, 6) is -1.91. The Kier molecular flexibility index (Phi) is 3.64. The molecule has 0 amide bonds. The Labute approximate surface area is 106 Å². The Balaban J connectivity index is 2.21. The molecule has 0 unspecified atom stereocenters. The van der Waals surface area contributed by atoms with E-state index in [0.29, 0.717) is 11.1 Å². The van der Waals surface area contributed by atoms with Crippen molar-refractivity contribution in [3.05, 3.63) is 35.5 Å². The van der Waals surface area contributed by atoms with E-state index in [9.17, 15) is 18.0 Å². The van der Waals surface area contributed by atoms with Gasteiger partial charge in [-0.2, -0.15) is 4.98 Å². The molecular weight excluding hydrogens is 261 g/mol. The monoisotopic (exact) mass is 270 g/mol. The zero-order chi connectivity index (χ0) is 14.0.